The first kappa shape index (κ1) is 14.5. The van der Waals surface area contributed by atoms with Crippen LogP contribution in [-0.4, -0.2) is 52.8 Å². The molecule has 1 heterocycles. The molecule has 1 aromatic heterocycles. The lowest BCUT2D eigenvalue weighted by molar-refractivity contribution is -0.139. The summed E-state index contributed by atoms with van der Waals surface area (Å²) in [5, 5.41) is 13.5. The summed E-state index contributed by atoms with van der Waals surface area (Å²) < 4.78 is 5.88. The van der Waals surface area contributed by atoms with Crippen molar-refractivity contribution >= 4 is 18.0 Å². The standard InChI is InChI=1S/C10H14N4O5/c1-19-8(15)4-12-10(18)11-2-3-14-5-7(9(16)17)13-6-14/h5-6H,2-4H2,1H3,(H,16,17)(H2,11,12,18). The maximum atomic E-state index is 11.2. The van der Waals surface area contributed by atoms with E-state index in [2.05, 4.69) is 20.4 Å². The molecule has 0 radical (unpaired) electrons. The normalized spacial score (nSPS) is 9.74. The molecule has 9 nitrogen and oxygen atoms in total. The monoisotopic (exact) mass is 270 g/mol. The number of nitrogens with zero attached hydrogens (tertiary/aromatic N) is 2. The van der Waals surface area contributed by atoms with E-state index in [-0.39, 0.29) is 18.8 Å². The minimum Gasteiger partial charge on any atom is -0.476 e. The summed E-state index contributed by atoms with van der Waals surface area (Å²) in [4.78, 5) is 36.2. The molecule has 0 aromatic carbocycles. The summed E-state index contributed by atoms with van der Waals surface area (Å²) in [5.74, 6) is -1.65. The van der Waals surface area contributed by atoms with Crippen molar-refractivity contribution in [1.82, 2.24) is 20.2 Å². The summed E-state index contributed by atoms with van der Waals surface area (Å²) in [6.07, 6.45) is 2.72. The number of carbonyl (C=O) groups is 3. The number of nitrogens with one attached hydrogen (secondary N) is 2. The zero-order valence-corrected chi connectivity index (χ0v) is 10.3. The molecule has 19 heavy (non-hydrogen) atoms. The highest BCUT2D eigenvalue weighted by atomic mass is 16.5. The molecule has 0 aliphatic carbocycles. The zero-order chi connectivity index (χ0) is 14.3. The molecule has 1 rings (SSSR count). The lowest BCUT2D eigenvalue weighted by atomic mass is 10.5. The SMILES string of the molecule is COC(=O)CNC(=O)NCCn1cnc(C(=O)O)c1. The van der Waals surface area contributed by atoms with Crippen LogP contribution in [0.15, 0.2) is 12.5 Å². The van der Waals surface area contributed by atoms with Crippen LogP contribution in [0.3, 0.4) is 0 Å². The quantitative estimate of drug-likeness (QED) is 0.573. The average molecular weight is 270 g/mol. The summed E-state index contributed by atoms with van der Waals surface area (Å²) in [7, 11) is 1.22. The second kappa shape index (κ2) is 6.99. The lowest BCUT2D eigenvalue weighted by Gasteiger charge is -2.06. The van der Waals surface area contributed by atoms with E-state index >= 15 is 0 Å². The molecular weight excluding hydrogens is 256 g/mol. The second-order valence-corrected chi connectivity index (χ2v) is 3.49. The Hall–Kier alpha value is -2.58. The highest BCUT2D eigenvalue weighted by Crippen LogP contribution is 1.95. The van der Waals surface area contributed by atoms with Crippen molar-refractivity contribution in [2.75, 3.05) is 20.2 Å². The number of methoxy groups -OCH3 is 1. The van der Waals surface area contributed by atoms with Crippen molar-refractivity contribution < 1.29 is 24.2 Å². The lowest BCUT2D eigenvalue weighted by Crippen LogP contribution is -2.39. The van der Waals surface area contributed by atoms with Gasteiger partial charge >= 0.3 is 18.0 Å². The van der Waals surface area contributed by atoms with Gasteiger partial charge in [-0.25, -0.2) is 14.6 Å². The summed E-state index contributed by atoms with van der Waals surface area (Å²) in [6, 6.07) is -0.510. The Kier molecular flexibility index (Phi) is 5.33. The Morgan fingerprint density at radius 3 is 2.74 bits per heavy atom. The molecule has 2 amide bonds. The molecule has 0 bridgehead atoms. The highest BCUT2D eigenvalue weighted by molar-refractivity contribution is 5.84. The first-order valence-corrected chi connectivity index (χ1v) is 5.36. The number of ether oxygens (including phenoxy) is 1. The largest absolute Gasteiger partial charge is 0.476 e. The summed E-state index contributed by atoms with van der Waals surface area (Å²) >= 11 is 0. The number of esters is 1. The van der Waals surface area contributed by atoms with Crippen LogP contribution < -0.4 is 10.6 Å². The van der Waals surface area contributed by atoms with Crippen LogP contribution in [0.4, 0.5) is 4.79 Å². The molecule has 0 aliphatic rings. The molecule has 0 aliphatic heterocycles. The second-order valence-electron chi connectivity index (χ2n) is 3.49. The molecule has 0 saturated heterocycles. The average Bonchev–Trinajstić information content (AvgIpc) is 2.85. The van der Waals surface area contributed by atoms with E-state index in [1.54, 1.807) is 0 Å². The van der Waals surface area contributed by atoms with Gasteiger partial charge in [0.2, 0.25) is 0 Å². The first-order valence-electron chi connectivity index (χ1n) is 5.36. The van der Waals surface area contributed by atoms with Crippen LogP contribution in [0.1, 0.15) is 10.5 Å². The predicted molar refractivity (Wildman–Crippen MR) is 62.6 cm³/mol. The van der Waals surface area contributed by atoms with E-state index in [1.807, 2.05) is 0 Å². The van der Waals surface area contributed by atoms with E-state index in [0.29, 0.717) is 6.54 Å². The molecule has 3 N–H and O–H groups in total. The predicted octanol–water partition coefficient (Wildman–Crippen LogP) is -0.946. The number of hydrogen-bond acceptors (Lipinski definition) is 5. The van der Waals surface area contributed by atoms with Crippen LogP contribution in [0.25, 0.3) is 0 Å². The van der Waals surface area contributed by atoms with E-state index < -0.39 is 18.0 Å². The Balaban J connectivity index is 2.24. The number of rotatable bonds is 6. The maximum Gasteiger partial charge on any atom is 0.356 e. The smallest absolute Gasteiger partial charge is 0.356 e. The van der Waals surface area contributed by atoms with Gasteiger partial charge in [0, 0.05) is 19.3 Å². The molecule has 9 heteroatoms. The Labute approximate surface area is 108 Å². The number of aromatic nitrogens is 2. The van der Waals surface area contributed by atoms with Gasteiger partial charge in [-0.15, -0.1) is 0 Å². The minimum absolute atomic E-state index is 0.0601. The van der Waals surface area contributed by atoms with Crippen molar-refractivity contribution in [2.24, 2.45) is 0 Å². The topological polar surface area (TPSA) is 123 Å². The van der Waals surface area contributed by atoms with Gasteiger partial charge in [-0.2, -0.15) is 0 Å². The van der Waals surface area contributed by atoms with Crippen molar-refractivity contribution in [3.8, 4) is 0 Å². The van der Waals surface area contributed by atoms with Gasteiger partial charge in [0.25, 0.3) is 0 Å². The molecule has 1 aromatic rings. The van der Waals surface area contributed by atoms with Crippen LogP contribution >= 0.6 is 0 Å². The van der Waals surface area contributed by atoms with Gasteiger partial charge in [0.1, 0.15) is 6.54 Å². The molecule has 0 unspecified atom stereocenters. The van der Waals surface area contributed by atoms with Gasteiger partial charge in [-0.1, -0.05) is 0 Å². The number of hydrogen-bond donors (Lipinski definition) is 3. The fraction of sp³-hybridized carbons (Fsp3) is 0.400. The third kappa shape index (κ3) is 5.06. The first-order chi connectivity index (χ1) is 9.02. The third-order valence-corrected chi connectivity index (χ3v) is 2.13. The Morgan fingerprint density at radius 1 is 1.42 bits per heavy atom. The molecule has 0 spiro atoms. The van der Waals surface area contributed by atoms with E-state index in [0.717, 1.165) is 0 Å². The maximum absolute atomic E-state index is 11.2. The fourth-order valence-corrected chi connectivity index (χ4v) is 1.18. The number of aromatic carboxylic acids is 1. The molecule has 0 saturated carbocycles. The van der Waals surface area contributed by atoms with Crippen molar-refractivity contribution in [2.45, 2.75) is 6.54 Å². The van der Waals surface area contributed by atoms with Crippen LogP contribution in [0, 0.1) is 0 Å². The minimum atomic E-state index is -1.11. The zero-order valence-electron chi connectivity index (χ0n) is 10.3. The van der Waals surface area contributed by atoms with Crippen molar-refractivity contribution in [3.05, 3.63) is 18.2 Å². The molecule has 104 valence electrons. The molecular formula is C10H14N4O5. The van der Waals surface area contributed by atoms with Crippen LogP contribution in [0.2, 0.25) is 0 Å². The van der Waals surface area contributed by atoms with Crippen LogP contribution in [-0.2, 0) is 16.1 Å². The van der Waals surface area contributed by atoms with E-state index in [1.165, 1.54) is 24.2 Å². The van der Waals surface area contributed by atoms with Gasteiger partial charge in [0.15, 0.2) is 5.69 Å². The van der Waals surface area contributed by atoms with E-state index in [9.17, 15) is 14.4 Å². The molecule has 0 fully saturated rings. The fourth-order valence-electron chi connectivity index (χ4n) is 1.18. The highest BCUT2D eigenvalue weighted by Gasteiger charge is 2.07. The summed E-state index contributed by atoms with van der Waals surface area (Å²) in [6.45, 7) is 0.422. The Morgan fingerprint density at radius 2 is 2.16 bits per heavy atom. The Bertz CT molecular complexity index is 470. The van der Waals surface area contributed by atoms with Gasteiger partial charge in [-0.3, -0.25) is 4.79 Å². The van der Waals surface area contributed by atoms with E-state index in [4.69, 9.17) is 5.11 Å². The number of imidazole rings is 1. The molecule has 0 atom stereocenters. The number of urea groups is 1. The van der Waals surface area contributed by atoms with Crippen molar-refractivity contribution in [1.29, 1.82) is 0 Å². The van der Waals surface area contributed by atoms with Gasteiger partial charge in [0.05, 0.1) is 13.4 Å². The van der Waals surface area contributed by atoms with Gasteiger partial charge in [-0.05, 0) is 0 Å². The summed E-state index contributed by atoms with van der Waals surface area (Å²) in [5.41, 5.74) is -0.0601. The third-order valence-electron chi connectivity index (χ3n) is 2.13. The van der Waals surface area contributed by atoms with Crippen LogP contribution in [0.5, 0.6) is 0 Å². The number of carboxylic acids is 1. The van der Waals surface area contributed by atoms with Crippen molar-refractivity contribution in [3.63, 3.8) is 0 Å². The van der Waals surface area contributed by atoms with Gasteiger partial charge < -0.3 is 25.0 Å². The number of carboxylic acid groups (broad SMARTS) is 1. The number of carbonyl (C=O) groups excluding carboxylic acids is 2. The number of amides is 2.